The third-order valence-corrected chi connectivity index (χ3v) is 1.90. The van der Waals surface area contributed by atoms with E-state index in [4.69, 9.17) is 5.11 Å². The Hall–Kier alpha value is -2.11. The minimum Gasteiger partial charge on any atom is -0.479 e. The van der Waals surface area contributed by atoms with Crippen LogP contribution in [-0.2, 0) is 9.53 Å². The lowest BCUT2D eigenvalue weighted by molar-refractivity contribution is -0.139. The molecule has 0 bridgehead atoms. The van der Waals surface area contributed by atoms with E-state index < -0.39 is 23.9 Å². The fraction of sp³-hybridized carbons (Fsp3) is 0.200. The molecule has 1 aromatic carbocycles. The van der Waals surface area contributed by atoms with Gasteiger partial charge in [0.05, 0.1) is 7.11 Å². The summed E-state index contributed by atoms with van der Waals surface area (Å²) in [5.41, 5.74) is 0.263. The number of alkyl carbamates (subject to hydrolysis) is 1. The number of carboxylic acid groups (broad SMARTS) is 1. The quantitative estimate of drug-likeness (QED) is 0.816. The van der Waals surface area contributed by atoms with Crippen molar-refractivity contribution in [1.29, 1.82) is 0 Å². The van der Waals surface area contributed by atoms with Gasteiger partial charge in [-0.1, -0.05) is 12.1 Å². The Morgan fingerprint density at radius 1 is 1.38 bits per heavy atom. The number of ether oxygens (including phenoxy) is 1. The SMILES string of the molecule is COC(=O)N[C@@H](C(=O)O)c1ccc(F)cc1. The van der Waals surface area contributed by atoms with Gasteiger partial charge in [-0.3, -0.25) is 0 Å². The lowest BCUT2D eigenvalue weighted by Crippen LogP contribution is -2.33. The molecule has 0 spiro atoms. The van der Waals surface area contributed by atoms with Gasteiger partial charge >= 0.3 is 12.1 Å². The summed E-state index contributed by atoms with van der Waals surface area (Å²) in [6, 6.07) is 3.54. The predicted octanol–water partition coefficient (Wildman–Crippen LogP) is 1.31. The van der Waals surface area contributed by atoms with E-state index in [1.807, 2.05) is 0 Å². The molecule has 0 heterocycles. The number of hydrogen-bond acceptors (Lipinski definition) is 3. The van der Waals surface area contributed by atoms with Crippen molar-refractivity contribution in [1.82, 2.24) is 5.32 Å². The summed E-state index contributed by atoms with van der Waals surface area (Å²) in [6.45, 7) is 0. The number of halogens is 1. The zero-order valence-electron chi connectivity index (χ0n) is 8.44. The topological polar surface area (TPSA) is 75.6 Å². The molecule has 0 aliphatic rings. The highest BCUT2D eigenvalue weighted by Gasteiger charge is 2.22. The van der Waals surface area contributed by atoms with Crippen LogP contribution in [0.15, 0.2) is 24.3 Å². The van der Waals surface area contributed by atoms with Gasteiger partial charge in [-0.25, -0.2) is 14.0 Å². The summed E-state index contributed by atoms with van der Waals surface area (Å²) in [5, 5.41) is 11.0. The fourth-order valence-corrected chi connectivity index (χ4v) is 1.12. The number of nitrogens with one attached hydrogen (secondary N) is 1. The maximum Gasteiger partial charge on any atom is 0.407 e. The normalized spacial score (nSPS) is 11.6. The molecule has 16 heavy (non-hydrogen) atoms. The Bertz CT molecular complexity index is 390. The molecule has 0 aromatic heterocycles. The Labute approximate surface area is 90.8 Å². The minimum absolute atomic E-state index is 0.263. The minimum atomic E-state index is -1.26. The number of hydrogen-bond donors (Lipinski definition) is 2. The van der Waals surface area contributed by atoms with Crippen LogP contribution in [0.25, 0.3) is 0 Å². The lowest BCUT2D eigenvalue weighted by atomic mass is 10.1. The number of methoxy groups -OCH3 is 1. The highest BCUT2D eigenvalue weighted by molar-refractivity contribution is 5.81. The van der Waals surface area contributed by atoms with Gasteiger partial charge in [0, 0.05) is 0 Å². The van der Waals surface area contributed by atoms with Crippen LogP contribution >= 0.6 is 0 Å². The third kappa shape index (κ3) is 2.94. The summed E-state index contributed by atoms with van der Waals surface area (Å²) in [6.07, 6.45) is -0.864. The first-order valence-corrected chi connectivity index (χ1v) is 4.37. The molecular formula is C10H10FNO4. The largest absolute Gasteiger partial charge is 0.479 e. The van der Waals surface area contributed by atoms with Crippen LogP contribution in [0.2, 0.25) is 0 Å². The van der Waals surface area contributed by atoms with Gasteiger partial charge in [-0.2, -0.15) is 0 Å². The number of aliphatic carboxylic acids is 1. The van der Waals surface area contributed by atoms with Gasteiger partial charge in [-0.05, 0) is 17.7 Å². The molecule has 1 amide bonds. The van der Waals surface area contributed by atoms with Crippen LogP contribution in [0, 0.1) is 5.82 Å². The molecule has 0 saturated heterocycles. The Morgan fingerprint density at radius 3 is 2.38 bits per heavy atom. The van der Waals surface area contributed by atoms with Crippen molar-refractivity contribution < 1.29 is 23.8 Å². The van der Waals surface area contributed by atoms with Gasteiger partial charge in [-0.15, -0.1) is 0 Å². The molecule has 0 saturated carbocycles. The highest BCUT2D eigenvalue weighted by Crippen LogP contribution is 2.14. The standard InChI is InChI=1S/C10H10FNO4/c1-16-10(15)12-8(9(13)14)6-2-4-7(11)5-3-6/h2-5,8H,1H3,(H,12,15)(H,13,14)/t8-/m1/s1. The number of carboxylic acids is 1. The summed E-state index contributed by atoms with van der Waals surface area (Å²) >= 11 is 0. The average Bonchev–Trinajstić information content (AvgIpc) is 2.26. The fourth-order valence-electron chi connectivity index (χ4n) is 1.12. The zero-order valence-corrected chi connectivity index (χ0v) is 8.44. The summed E-state index contributed by atoms with van der Waals surface area (Å²) in [5.74, 6) is -1.73. The second kappa shape index (κ2) is 5.11. The zero-order chi connectivity index (χ0) is 12.1. The van der Waals surface area contributed by atoms with Crippen LogP contribution < -0.4 is 5.32 Å². The van der Waals surface area contributed by atoms with E-state index in [1.54, 1.807) is 0 Å². The molecule has 6 heteroatoms. The van der Waals surface area contributed by atoms with Crippen molar-refractivity contribution in [3.63, 3.8) is 0 Å². The first-order chi connectivity index (χ1) is 7.54. The van der Waals surface area contributed by atoms with E-state index >= 15 is 0 Å². The van der Waals surface area contributed by atoms with Crippen LogP contribution in [0.3, 0.4) is 0 Å². The summed E-state index contributed by atoms with van der Waals surface area (Å²) in [4.78, 5) is 21.8. The van der Waals surface area contributed by atoms with Crippen molar-refractivity contribution in [2.45, 2.75) is 6.04 Å². The maximum absolute atomic E-state index is 12.6. The molecular weight excluding hydrogens is 217 g/mol. The van der Waals surface area contributed by atoms with E-state index in [0.717, 1.165) is 19.2 Å². The average molecular weight is 227 g/mol. The molecule has 1 aromatic rings. The van der Waals surface area contributed by atoms with E-state index in [2.05, 4.69) is 10.1 Å². The van der Waals surface area contributed by atoms with Gasteiger partial charge in [0.15, 0.2) is 6.04 Å². The van der Waals surface area contributed by atoms with E-state index in [9.17, 15) is 14.0 Å². The molecule has 86 valence electrons. The van der Waals surface area contributed by atoms with Crippen molar-refractivity contribution in [2.75, 3.05) is 7.11 Å². The second-order valence-electron chi connectivity index (χ2n) is 2.96. The molecule has 0 unspecified atom stereocenters. The number of rotatable bonds is 3. The van der Waals surface area contributed by atoms with Crippen molar-refractivity contribution in [3.8, 4) is 0 Å². The number of carbonyl (C=O) groups excluding carboxylic acids is 1. The lowest BCUT2D eigenvalue weighted by Gasteiger charge is -2.13. The van der Waals surface area contributed by atoms with Crippen LogP contribution in [0.5, 0.6) is 0 Å². The van der Waals surface area contributed by atoms with Gasteiger partial charge in [0.2, 0.25) is 0 Å². The third-order valence-electron chi connectivity index (χ3n) is 1.90. The summed E-state index contributed by atoms with van der Waals surface area (Å²) in [7, 11) is 1.12. The molecule has 0 aliphatic carbocycles. The van der Waals surface area contributed by atoms with Crippen molar-refractivity contribution in [3.05, 3.63) is 35.6 Å². The van der Waals surface area contributed by atoms with Crippen LogP contribution in [-0.4, -0.2) is 24.3 Å². The Balaban J connectivity index is 2.89. The number of amides is 1. The van der Waals surface area contributed by atoms with E-state index in [-0.39, 0.29) is 5.56 Å². The first kappa shape index (κ1) is 12.0. The Morgan fingerprint density at radius 2 is 1.94 bits per heavy atom. The Kier molecular flexibility index (Phi) is 3.82. The molecule has 1 rings (SSSR count). The number of benzene rings is 1. The molecule has 1 atom stereocenters. The first-order valence-electron chi connectivity index (χ1n) is 4.37. The van der Waals surface area contributed by atoms with Crippen molar-refractivity contribution >= 4 is 12.1 Å². The predicted molar refractivity (Wildman–Crippen MR) is 52.3 cm³/mol. The van der Waals surface area contributed by atoms with E-state index in [0.29, 0.717) is 0 Å². The molecule has 0 radical (unpaired) electrons. The van der Waals surface area contributed by atoms with E-state index in [1.165, 1.54) is 12.1 Å². The van der Waals surface area contributed by atoms with Crippen LogP contribution in [0.4, 0.5) is 9.18 Å². The molecule has 0 aliphatic heterocycles. The smallest absolute Gasteiger partial charge is 0.407 e. The van der Waals surface area contributed by atoms with Crippen LogP contribution in [0.1, 0.15) is 11.6 Å². The number of carbonyl (C=O) groups is 2. The highest BCUT2D eigenvalue weighted by atomic mass is 19.1. The van der Waals surface area contributed by atoms with Gasteiger partial charge in [0.25, 0.3) is 0 Å². The monoisotopic (exact) mass is 227 g/mol. The maximum atomic E-state index is 12.6. The summed E-state index contributed by atoms with van der Waals surface area (Å²) < 4.78 is 16.9. The van der Waals surface area contributed by atoms with Gasteiger partial charge < -0.3 is 15.2 Å². The molecule has 0 fully saturated rings. The van der Waals surface area contributed by atoms with Gasteiger partial charge in [0.1, 0.15) is 5.82 Å². The van der Waals surface area contributed by atoms with Crippen molar-refractivity contribution in [2.24, 2.45) is 0 Å². The second-order valence-corrected chi connectivity index (χ2v) is 2.96. The molecule has 2 N–H and O–H groups in total. The molecule has 5 nitrogen and oxygen atoms in total.